The van der Waals surface area contributed by atoms with Crippen molar-refractivity contribution >= 4 is 5.95 Å². The Labute approximate surface area is 114 Å². The first kappa shape index (κ1) is 15.3. The van der Waals surface area contributed by atoms with Gasteiger partial charge in [-0.25, -0.2) is 9.97 Å². The molecule has 6 heteroatoms. The summed E-state index contributed by atoms with van der Waals surface area (Å²) in [5, 5.41) is 8.95. The molecule has 0 N–H and O–H groups in total. The van der Waals surface area contributed by atoms with E-state index in [1.54, 1.807) is 20.3 Å². The number of hydrogen-bond acceptors (Lipinski definition) is 6. The lowest BCUT2D eigenvalue weighted by Crippen LogP contribution is -2.31. The lowest BCUT2D eigenvalue weighted by molar-refractivity contribution is 0.190. The molecule has 0 spiro atoms. The average Bonchev–Trinajstić information content (AvgIpc) is 2.42. The van der Waals surface area contributed by atoms with Gasteiger partial charge in [0.1, 0.15) is 11.8 Å². The summed E-state index contributed by atoms with van der Waals surface area (Å²) in [7, 11) is 3.33. The number of nitrogens with zero attached hydrogens (tertiary/aromatic N) is 4. The summed E-state index contributed by atoms with van der Waals surface area (Å²) in [6.07, 6.45) is 0.874. The Hall–Kier alpha value is -1.71. The quantitative estimate of drug-likeness (QED) is 0.656. The second-order valence-electron chi connectivity index (χ2n) is 4.13. The first-order valence-electron chi connectivity index (χ1n) is 6.20. The number of aromatic nitrogens is 2. The van der Waals surface area contributed by atoms with Gasteiger partial charge in [-0.3, -0.25) is 0 Å². The lowest BCUT2D eigenvalue weighted by atomic mass is 10.3. The Kier molecular flexibility index (Phi) is 6.79. The van der Waals surface area contributed by atoms with Gasteiger partial charge in [-0.15, -0.1) is 0 Å². The van der Waals surface area contributed by atoms with Gasteiger partial charge in [-0.1, -0.05) is 0 Å². The maximum Gasteiger partial charge on any atom is 0.226 e. The zero-order valence-corrected chi connectivity index (χ0v) is 11.7. The van der Waals surface area contributed by atoms with Gasteiger partial charge >= 0.3 is 0 Å². The van der Waals surface area contributed by atoms with Crippen molar-refractivity contribution in [1.82, 2.24) is 9.97 Å². The first-order valence-corrected chi connectivity index (χ1v) is 6.20. The molecule has 0 amide bonds. The highest BCUT2D eigenvalue weighted by Crippen LogP contribution is 2.10. The molecule has 0 saturated carbocycles. The van der Waals surface area contributed by atoms with Crippen molar-refractivity contribution in [2.45, 2.75) is 13.3 Å². The monoisotopic (exact) mass is 264 g/mol. The van der Waals surface area contributed by atoms with Crippen LogP contribution < -0.4 is 4.90 Å². The van der Waals surface area contributed by atoms with Crippen LogP contribution in [0.4, 0.5) is 5.95 Å². The SMILES string of the molecule is COCCCN(CCOC)c1nc(C)cc(C#N)n1. The zero-order valence-electron chi connectivity index (χ0n) is 11.7. The van der Waals surface area contributed by atoms with E-state index in [9.17, 15) is 0 Å². The number of anilines is 1. The van der Waals surface area contributed by atoms with Crippen LogP contribution in [-0.4, -0.2) is 50.5 Å². The molecule has 1 rings (SSSR count). The van der Waals surface area contributed by atoms with E-state index < -0.39 is 0 Å². The predicted molar refractivity (Wildman–Crippen MR) is 72.1 cm³/mol. The molecule has 0 unspecified atom stereocenters. The van der Waals surface area contributed by atoms with Crippen molar-refractivity contribution in [2.75, 3.05) is 45.4 Å². The highest BCUT2D eigenvalue weighted by molar-refractivity contribution is 5.35. The van der Waals surface area contributed by atoms with E-state index >= 15 is 0 Å². The Morgan fingerprint density at radius 3 is 2.58 bits per heavy atom. The van der Waals surface area contributed by atoms with Crippen LogP contribution in [0.15, 0.2) is 6.07 Å². The summed E-state index contributed by atoms with van der Waals surface area (Å²) in [6.45, 7) is 4.59. The second-order valence-corrected chi connectivity index (χ2v) is 4.13. The van der Waals surface area contributed by atoms with Gasteiger partial charge < -0.3 is 14.4 Å². The first-order chi connectivity index (χ1) is 9.21. The lowest BCUT2D eigenvalue weighted by Gasteiger charge is -2.22. The van der Waals surface area contributed by atoms with Gasteiger partial charge in [0.25, 0.3) is 0 Å². The molecule has 0 bridgehead atoms. The van der Waals surface area contributed by atoms with Gasteiger partial charge in [-0.2, -0.15) is 5.26 Å². The fraction of sp³-hybridized carbons (Fsp3) is 0.615. The molecule has 1 heterocycles. The Balaban J connectivity index is 2.82. The summed E-state index contributed by atoms with van der Waals surface area (Å²) in [6, 6.07) is 3.73. The molecule has 0 aliphatic rings. The topological polar surface area (TPSA) is 71.3 Å². The number of hydrogen-bond donors (Lipinski definition) is 0. The smallest absolute Gasteiger partial charge is 0.226 e. The van der Waals surface area contributed by atoms with Crippen LogP contribution in [-0.2, 0) is 9.47 Å². The second kappa shape index (κ2) is 8.40. The molecule has 0 saturated heterocycles. The summed E-state index contributed by atoms with van der Waals surface area (Å²) in [5.41, 5.74) is 1.17. The van der Waals surface area contributed by atoms with Gasteiger partial charge in [0.15, 0.2) is 0 Å². The number of methoxy groups -OCH3 is 2. The molecule has 1 aromatic rings. The molecular formula is C13H20N4O2. The fourth-order valence-electron chi connectivity index (χ4n) is 1.66. The Morgan fingerprint density at radius 2 is 1.95 bits per heavy atom. The van der Waals surface area contributed by atoms with Gasteiger partial charge in [0.05, 0.1) is 6.61 Å². The van der Waals surface area contributed by atoms with E-state index in [1.807, 2.05) is 11.8 Å². The fourth-order valence-corrected chi connectivity index (χ4v) is 1.66. The molecule has 0 atom stereocenters. The normalized spacial score (nSPS) is 10.2. The summed E-state index contributed by atoms with van der Waals surface area (Å²) < 4.78 is 10.1. The minimum atomic E-state index is 0.386. The van der Waals surface area contributed by atoms with E-state index in [0.717, 1.165) is 18.7 Å². The van der Waals surface area contributed by atoms with Crippen molar-refractivity contribution in [1.29, 1.82) is 5.26 Å². The largest absolute Gasteiger partial charge is 0.385 e. The van der Waals surface area contributed by atoms with E-state index in [-0.39, 0.29) is 0 Å². The standard InChI is InChI=1S/C13H20N4O2/c1-11-9-12(10-14)16-13(15-11)17(6-8-19-3)5-4-7-18-2/h9H,4-8H2,1-3H3. The van der Waals surface area contributed by atoms with Gasteiger partial charge in [-0.05, 0) is 19.4 Å². The molecule has 0 aliphatic carbocycles. The molecule has 0 aliphatic heterocycles. The summed E-state index contributed by atoms with van der Waals surface area (Å²) >= 11 is 0. The molecule has 0 fully saturated rings. The Bertz CT molecular complexity index is 431. The highest BCUT2D eigenvalue weighted by atomic mass is 16.5. The van der Waals surface area contributed by atoms with Gasteiger partial charge in [0.2, 0.25) is 5.95 Å². The van der Waals surface area contributed by atoms with Crippen LogP contribution in [0.1, 0.15) is 17.8 Å². The minimum Gasteiger partial charge on any atom is -0.385 e. The molecule has 0 aromatic carbocycles. The number of nitriles is 1. The van der Waals surface area contributed by atoms with Crippen LogP contribution in [0.5, 0.6) is 0 Å². The van der Waals surface area contributed by atoms with Crippen molar-refractivity contribution < 1.29 is 9.47 Å². The maximum atomic E-state index is 8.95. The zero-order chi connectivity index (χ0) is 14.1. The van der Waals surface area contributed by atoms with Crippen LogP contribution in [0.2, 0.25) is 0 Å². The number of aryl methyl sites for hydroxylation is 1. The van der Waals surface area contributed by atoms with Crippen LogP contribution in [0, 0.1) is 18.3 Å². The average molecular weight is 264 g/mol. The number of rotatable bonds is 8. The number of ether oxygens (including phenoxy) is 2. The van der Waals surface area contributed by atoms with Gasteiger partial charge in [0, 0.05) is 39.6 Å². The van der Waals surface area contributed by atoms with E-state index in [1.165, 1.54) is 0 Å². The molecule has 6 nitrogen and oxygen atoms in total. The third-order valence-electron chi connectivity index (χ3n) is 2.58. The van der Waals surface area contributed by atoms with E-state index in [0.29, 0.717) is 31.4 Å². The molecular weight excluding hydrogens is 244 g/mol. The molecule has 1 aromatic heterocycles. The van der Waals surface area contributed by atoms with E-state index in [2.05, 4.69) is 16.0 Å². The third-order valence-corrected chi connectivity index (χ3v) is 2.58. The third kappa shape index (κ3) is 5.20. The maximum absolute atomic E-state index is 8.95. The predicted octanol–water partition coefficient (Wildman–Crippen LogP) is 1.15. The van der Waals surface area contributed by atoms with Crippen molar-refractivity contribution in [3.63, 3.8) is 0 Å². The molecule has 104 valence electrons. The van der Waals surface area contributed by atoms with Crippen LogP contribution >= 0.6 is 0 Å². The summed E-state index contributed by atoms with van der Waals surface area (Å²) in [5.74, 6) is 0.574. The van der Waals surface area contributed by atoms with Crippen molar-refractivity contribution in [2.24, 2.45) is 0 Å². The highest BCUT2D eigenvalue weighted by Gasteiger charge is 2.11. The van der Waals surface area contributed by atoms with Crippen molar-refractivity contribution in [3.8, 4) is 6.07 Å². The van der Waals surface area contributed by atoms with Crippen LogP contribution in [0.3, 0.4) is 0 Å². The van der Waals surface area contributed by atoms with Crippen molar-refractivity contribution in [3.05, 3.63) is 17.5 Å². The van der Waals surface area contributed by atoms with Crippen LogP contribution in [0.25, 0.3) is 0 Å². The molecule has 0 radical (unpaired) electrons. The van der Waals surface area contributed by atoms with E-state index in [4.69, 9.17) is 14.7 Å². The molecule has 19 heavy (non-hydrogen) atoms. The Morgan fingerprint density at radius 1 is 1.21 bits per heavy atom. The minimum absolute atomic E-state index is 0.386. The summed E-state index contributed by atoms with van der Waals surface area (Å²) in [4.78, 5) is 10.6.